The number of ether oxygens (including phenoxy) is 1. The zero-order valence-electron chi connectivity index (χ0n) is 13.7. The highest BCUT2D eigenvalue weighted by molar-refractivity contribution is 7.14. The number of hydrogen-bond donors (Lipinski definition) is 2. The van der Waals surface area contributed by atoms with Crippen LogP contribution in [0.5, 0.6) is 5.75 Å². The molecule has 0 fully saturated rings. The van der Waals surface area contributed by atoms with Crippen molar-refractivity contribution in [1.29, 1.82) is 0 Å². The summed E-state index contributed by atoms with van der Waals surface area (Å²) in [6.07, 6.45) is 0. The molecule has 5 nitrogen and oxygen atoms in total. The summed E-state index contributed by atoms with van der Waals surface area (Å²) < 4.78 is 5.13. The molecule has 1 aromatic heterocycles. The summed E-state index contributed by atoms with van der Waals surface area (Å²) in [6.45, 7) is 1.89. The molecule has 0 bridgehead atoms. The summed E-state index contributed by atoms with van der Waals surface area (Å²) in [5, 5.41) is 8.81. The van der Waals surface area contributed by atoms with Crippen molar-refractivity contribution in [2.75, 3.05) is 17.7 Å². The van der Waals surface area contributed by atoms with E-state index in [1.807, 2.05) is 43.3 Å². The molecule has 1 heterocycles. The minimum absolute atomic E-state index is 0.296. The minimum atomic E-state index is -0.296. The number of halogens is 1. The number of amides is 1. The van der Waals surface area contributed by atoms with Gasteiger partial charge in [0.15, 0.2) is 5.13 Å². The van der Waals surface area contributed by atoms with Crippen LogP contribution in [0.25, 0.3) is 0 Å². The number of aromatic nitrogens is 1. The topological polar surface area (TPSA) is 63.2 Å². The molecule has 0 saturated heterocycles. The van der Waals surface area contributed by atoms with E-state index in [-0.39, 0.29) is 5.91 Å². The molecular formula is C18H16ClN3O2S. The lowest BCUT2D eigenvalue weighted by Crippen LogP contribution is -2.13. The molecule has 0 saturated carbocycles. The number of carbonyl (C=O) groups excluding carboxylic acids is 1. The predicted molar refractivity (Wildman–Crippen MR) is 103 cm³/mol. The largest absolute Gasteiger partial charge is 0.497 e. The average Bonchev–Trinajstić information content (AvgIpc) is 3.07. The summed E-state index contributed by atoms with van der Waals surface area (Å²) >= 11 is 7.50. The summed E-state index contributed by atoms with van der Waals surface area (Å²) in [5.74, 6) is 0.482. The number of nitrogens with zero attached hydrogens (tertiary/aromatic N) is 1. The zero-order valence-corrected chi connectivity index (χ0v) is 15.2. The van der Waals surface area contributed by atoms with Crippen LogP contribution in [0.4, 0.5) is 16.5 Å². The Balaban J connectivity index is 1.71. The van der Waals surface area contributed by atoms with Crippen LogP contribution in [0, 0.1) is 6.92 Å². The van der Waals surface area contributed by atoms with Gasteiger partial charge in [-0.25, -0.2) is 4.98 Å². The highest BCUT2D eigenvalue weighted by Crippen LogP contribution is 2.27. The number of para-hydroxylation sites is 1. The van der Waals surface area contributed by atoms with Gasteiger partial charge >= 0.3 is 0 Å². The van der Waals surface area contributed by atoms with Crippen LogP contribution in [-0.2, 0) is 0 Å². The molecule has 3 aromatic rings. The molecule has 0 aliphatic rings. The average molecular weight is 374 g/mol. The third-order valence-electron chi connectivity index (χ3n) is 3.54. The molecule has 7 heteroatoms. The highest BCUT2D eigenvalue weighted by Gasteiger charge is 2.14. The van der Waals surface area contributed by atoms with Gasteiger partial charge in [-0.3, -0.25) is 4.79 Å². The second-order valence-corrected chi connectivity index (χ2v) is 6.54. The molecule has 0 radical (unpaired) electrons. The van der Waals surface area contributed by atoms with Gasteiger partial charge in [0.2, 0.25) is 0 Å². The van der Waals surface area contributed by atoms with Gasteiger partial charge in [0, 0.05) is 11.1 Å². The van der Waals surface area contributed by atoms with Crippen LogP contribution in [0.1, 0.15) is 16.1 Å². The van der Waals surface area contributed by atoms with E-state index in [0.717, 1.165) is 17.0 Å². The first-order valence-corrected chi connectivity index (χ1v) is 8.75. The zero-order chi connectivity index (χ0) is 17.8. The molecule has 0 atom stereocenters. The molecule has 0 spiro atoms. The van der Waals surface area contributed by atoms with Crippen LogP contribution in [0.2, 0.25) is 5.02 Å². The quantitative estimate of drug-likeness (QED) is 0.652. The molecule has 0 aliphatic heterocycles. The highest BCUT2D eigenvalue weighted by atomic mass is 35.5. The van der Waals surface area contributed by atoms with Gasteiger partial charge in [-0.15, -0.1) is 11.3 Å². The summed E-state index contributed by atoms with van der Waals surface area (Å²) in [5.41, 5.74) is 2.70. The van der Waals surface area contributed by atoms with Crippen molar-refractivity contribution in [1.82, 2.24) is 4.98 Å². The summed E-state index contributed by atoms with van der Waals surface area (Å²) in [6, 6.07) is 12.9. The van der Waals surface area contributed by atoms with E-state index in [1.165, 1.54) is 11.3 Å². The molecule has 2 N–H and O–H groups in total. The van der Waals surface area contributed by atoms with Crippen molar-refractivity contribution >= 4 is 45.4 Å². The van der Waals surface area contributed by atoms with Gasteiger partial charge in [0.25, 0.3) is 5.91 Å². The van der Waals surface area contributed by atoms with E-state index in [1.54, 1.807) is 18.6 Å². The third kappa shape index (κ3) is 4.10. The third-order valence-corrected chi connectivity index (χ3v) is 4.61. The van der Waals surface area contributed by atoms with Crippen molar-refractivity contribution < 1.29 is 9.53 Å². The number of carbonyl (C=O) groups is 1. The van der Waals surface area contributed by atoms with E-state index >= 15 is 0 Å². The lowest BCUT2D eigenvalue weighted by atomic mass is 10.2. The number of methoxy groups -OCH3 is 1. The maximum Gasteiger partial charge on any atom is 0.275 e. The normalized spacial score (nSPS) is 10.4. The summed E-state index contributed by atoms with van der Waals surface area (Å²) in [4.78, 5) is 16.7. The summed E-state index contributed by atoms with van der Waals surface area (Å²) in [7, 11) is 1.62. The Labute approximate surface area is 154 Å². The monoisotopic (exact) mass is 373 g/mol. The minimum Gasteiger partial charge on any atom is -0.497 e. The number of aryl methyl sites for hydroxylation is 1. The van der Waals surface area contributed by atoms with Gasteiger partial charge < -0.3 is 15.4 Å². The van der Waals surface area contributed by atoms with Gasteiger partial charge in [0.1, 0.15) is 11.4 Å². The van der Waals surface area contributed by atoms with Crippen LogP contribution < -0.4 is 15.4 Å². The Morgan fingerprint density at radius 1 is 1.20 bits per heavy atom. The second kappa shape index (κ2) is 7.55. The number of nitrogens with one attached hydrogen (secondary N) is 2. The van der Waals surface area contributed by atoms with Crippen molar-refractivity contribution in [3.63, 3.8) is 0 Å². The van der Waals surface area contributed by atoms with Crippen molar-refractivity contribution in [3.8, 4) is 5.75 Å². The van der Waals surface area contributed by atoms with E-state index in [2.05, 4.69) is 15.6 Å². The van der Waals surface area contributed by atoms with Crippen LogP contribution in [0.3, 0.4) is 0 Å². The Kier molecular flexibility index (Phi) is 5.21. The number of anilines is 3. The fraction of sp³-hybridized carbons (Fsp3) is 0.111. The fourth-order valence-corrected chi connectivity index (χ4v) is 3.18. The predicted octanol–water partition coefficient (Wildman–Crippen LogP) is 5.11. The van der Waals surface area contributed by atoms with Crippen molar-refractivity contribution in [2.45, 2.75) is 6.92 Å². The smallest absolute Gasteiger partial charge is 0.275 e. The molecule has 3 rings (SSSR count). The van der Waals surface area contributed by atoms with Gasteiger partial charge in [-0.2, -0.15) is 0 Å². The van der Waals surface area contributed by atoms with Crippen LogP contribution in [0.15, 0.2) is 47.8 Å². The maximum atomic E-state index is 12.4. The number of rotatable bonds is 5. The molecule has 2 aromatic carbocycles. The standard InChI is InChI=1S/C18H16ClN3O2S/c1-11-4-3-5-14(19)16(11)22-17(23)15-10-25-18(21-15)20-12-6-8-13(24-2)9-7-12/h3-10H,1-2H3,(H,20,21)(H,22,23). The fourth-order valence-electron chi connectivity index (χ4n) is 2.20. The number of thiazole rings is 1. The molecular weight excluding hydrogens is 358 g/mol. The van der Waals surface area contributed by atoms with Crippen LogP contribution >= 0.6 is 22.9 Å². The molecule has 25 heavy (non-hydrogen) atoms. The van der Waals surface area contributed by atoms with Crippen LogP contribution in [-0.4, -0.2) is 18.0 Å². The van der Waals surface area contributed by atoms with Gasteiger partial charge in [-0.05, 0) is 42.8 Å². The molecule has 0 unspecified atom stereocenters. The van der Waals surface area contributed by atoms with E-state index in [4.69, 9.17) is 16.3 Å². The van der Waals surface area contributed by atoms with Crippen molar-refractivity contribution in [2.24, 2.45) is 0 Å². The first-order valence-electron chi connectivity index (χ1n) is 7.50. The Bertz CT molecular complexity index is 873. The molecule has 128 valence electrons. The first kappa shape index (κ1) is 17.3. The Morgan fingerprint density at radius 2 is 1.96 bits per heavy atom. The van der Waals surface area contributed by atoms with Crippen molar-refractivity contribution in [3.05, 3.63) is 64.1 Å². The van der Waals surface area contributed by atoms with E-state index in [0.29, 0.717) is 21.5 Å². The van der Waals surface area contributed by atoms with E-state index in [9.17, 15) is 4.79 Å². The second-order valence-electron chi connectivity index (χ2n) is 5.28. The van der Waals surface area contributed by atoms with Gasteiger partial charge in [-0.1, -0.05) is 23.7 Å². The lowest BCUT2D eigenvalue weighted by molar-refractivity contribution is 0.102. The molecule has 1 amide bonds. The van der Waals surface area contributed by atoms with Gasteiger partial charge in [0.05, 0.1) is 17.8 Å². The first-order chi connectivity index (χ1) is 12.1. The number of benzene rings is 2. The number of hydrogen-bond acceptors (Lipinski definition) is 5. The molecule has 0 aliphatic carbocycles. The SMILES string of the molecule is COc1ccc(Nc2nc(C(=O)Nc3c(C)cccc3Cl)cs2)cc1. The Hall–Kier alpha value is -2.57. The maximum absolute atomic E-state index is 12.4. The lowest BCUT2D eigenvalue weighted by Gasteiger charge is -2.08. The Morgan fingerprint density at radius 3 is 2.64 bits per heavy atom. The van der Waals surface area contributed by atoms with E-state index < -0.39 is 0 Å².